The van der Waals surface area contributed by atoms with Gasteiger partial charge < -0.3 is 4.74 Å². The van der Waals surface area contributed by atoms with Crippen molar-refractivity contribution < 1.29 is 9.53 Å². The van der Waals surface area contributed by atoms with Crippen LogP contribution in [0.1, 0.15) is 0 Å². The number of halogens is 1. The Morgan fingerprint density at radius 2 is 2.45 bits per heavy atom. The third-order valence-corrected chi connectivity index (χ3v) is 1.90. The molecule has 1 atom stereocenters. The molecule has 11 heavy (non-hydrogen) atoms. The van der Waals surface area contributed by atoms with E-state index in [0.717, 1.165) is 0 Å². The molecule has 0 N–H and O–H groups in total. The molecule has 56 valence electrons. The number of amides is 1. The van der Waals surface area contributed by atoms with E-state index in [0.29, 0.717) is 11.3 Å². The van der Waals surface area contributed by atoms with Crippen LogP contribution in [-0.4, -0.2) is 17.1 Å². The van der Waals surface area contributed by atoms with Crippen molar-refractivity contribution in [3.8, 4) is 0 Å². The fraction of sp³-hybridized carbons (Fsp3) is 0.143. The molecule has 0 aromatic heterocycles. The number of ether oxygens (including phenoxy) is 1. The number of carbonyl (C=O) groups is 1. The van der Waals surface area contributed by atoms with Crippen LogP contribution in [0.3, 0.4) is 0 Å². The van der Waals surface area contributed by atoms with Gasteiger partial charge in [0.2, 0.25) is 0 Å². The quantitative estimate of drug-likeness (QED) is 0.567. The van der Waals surface area contributed by atoms with Gasteiger partial charge in [0.1, 0.15) is 5.76 Å². The third kappa shape index (κ3) is 1.03. The predicted octanol–water partition coefficient (Wildman–Crippen LogP) is 1.16. The Balaban J connectivity index is 2.44. The topological polar surface area (TPSA) is 38.7 Å². The molecule has 0 aromatic carbocycles. The second kappa shape index (κ2) is 2.30. The third-order valence-electron chi connectivity index (χ3n) is 1.45. The van der Waals surface area contributed by atoms with Gasteiger partial charge in [-0.05, 0) is 28.1 Å². The summed E-state index contributed by atoms with van der Waals surface area (Å²) in [6.45, 7) is 0. The normalized spacial score (nSPS) is 27.4. The van der Waals surface area contributed by atoms with Gasteiger partial charge in [-0.1, -0.05) is 0 Å². The summed E-state index contributed by atoms with van der Waals surface area (Å²) in [5, 5.41) is -0.186. The second-order valence-electron chi connectivity index (χ2n) is 2.16. The Kier molecular flexibility index (Phi) is 1.42. The zero-order valence-electron chi connectivity index (χ0n) is 5.45. The highest BCUT2D eigenvalue weighted by Gasteiger charge is 2.26. The summed E-state index contributed by atoms with van der Waals surface area (Å²) in [4.78, 5) is 14.6. The van der Waals surface area contributed by atoms with E-state index in [2.05, 4.69) is 20.9 Å². The van der Waals surface area contributed by atoms with Crippen LogP contribution in [-0.2, 0) is 9.53 Å². The molecule has 1 unspecified atom stereocenters. The summed E-state index contributed by atoms with van der Waals surface area (Å²) < 4.78 is 5.21. The van der Waals surface area contributed by atoms with E-state index >= 15 is 0 Å². The van der Waals surface area contributed by atoms with Crippen molar-refractivity contribution >= 4 is 28.1 Å². The SMILES string of the molecule is O=C1N=CC=C2OC(Br)C=C12. The Morgan fingerprint density at radius 3 is 3.18 bits per heavy atom. The number of nitrogens with zero attached hydrogens (tertiary/aromatic N) is 1. The van der Waals surface area contributed by atoms with Gasteiger partial charge in [0, 0.05) is 6.21 Å². The molecule has 2 aliphatic heterocycles. The molecule has 0 aromatic rings. The summed E-state index contributed by atoms with van der Waals surface area (Å²) in [6.07, 6.45) is 4.82. The van der Waals surface area contributed by atoms with Gasteiger partial charge in [0.05, 0.1) is 5.57 Å². The standard InChI is InChI=1S/C7H4BrNO2/c8-6-3-4-5(11-6)1-2-9-7(4)10/h1-3,6H. The summed E-state index contributed by atoms with van der Waals surface area (Å²) in [6, 6.07) is 0. The maximum Gasteiger partial charge on any atom is 0.280 e. The van der Waals surface area contributed by atoms with Gasteiger partial charge in [0.15, 0.2) is 5.01 Å². The molecule has 2 rings (SSSR count). The Hall–Kier alpha value is -0.900. The van der Waals surface area contributed by atoms with Crippen LogP contribution in [0.4, 0.5) is 0 Å². The first-order valence-electron chi connectivity index (χ1n) is 3.09. The molecule has 3 nitrogen and oxygen atoms in total. The molecule has 0 fully saturated rings. The minimum atomic E-state index is -0.232. The largest absolute Gasteiger partial charge is 0.474 e. The molecule has 0 saturated carbocycles. The summed E-state index contributed by atoms with van der Waals surface area (Å²) in [5.74, 6) is 0.372. The molecule has 2 aliphatic rings. The maximum atomic E-state index is 11.0. The molecule has 0 bridgehead atoms. The Morgan fingerprint density at radius 1 is 1.64 bits per heavy atom. The lowest BCUT2D eigenvalue weighted by molar-refractivity contribution is -0.114. The highest BCUT2D eigenvalue weighted by Crippen LogP contribution is 2.28. The van der Waals surface area contributed by atoms with E-state index < -0.39 is 0 Å². The first kappa shape index (κ1) is 6.79. The van der Waals surface area contributed by atoms with Crippen LogP contribution in [0.2, 0.25) is 0 Å². The smallest absolute Gasteiger partial charge is 0.280 e. The zero-order valence-corrected chi connectivity index (χ0v) is 7.04. The lowest BCUT2D eigenvalue weighted by atomic mass is 10.2. The van der Waals surface area contributed by atoms with Crippen molar-refractivity contribution in [3.05, 3.63) is 23.5 Å². The molecule has 0 saturated heterocycles. The highest BCUT2D eigenvalue weighted by atomic mass is 79.9. The van der Waals surface area contributed by atoms with Crippen LogP contribution < -0.4 is 0 Å². The van der Waals surface area contributed by atoms with E-state index in [9.17, 15) is 4.79 Å². The van der Waals surface area contributed by atoms with Gasteiger partial charge in [-0.25, -0.2) is 4.99 Å². The van der Waals surface area contributed by atoms with Gasteiger partial charge in [0.25, 0.3) is 5.91 Å². The number of allylic oxidation sites excluding steroid dienone is 1. The fourth-order valence-electron chi connectivity index (χ4n) is 0.980. The van der Waals surface area contributed by atoms with Crippen LogP contribution in [0.25, 0.3) is 0 Å². The molecule has 0 aliphatic carbocycles. The molecule has 1 amide bonds. The molecule has 0 radical (unpaired) electrons. The number of hydrogen-bond acceptors (Lipinski definition) is 2. The summed E-state index contributed by atoms with van der Waals surface area (Å²) in [7, 11) is 0. The molecule has 4 heteroatoms. The number of fused-ring (bicyclic) bond motifs is 1. The molecule has 0 spiro atoms. The second-order valence-corrected chi connectivity index (χ2v) is 3.07. The van der Waals surface area contributed by atoms with E-state index in [4.69, 9.17) is 4.74 Å². The Bertz CT molecular complexity index is 304. The van der Waals surface area contributed by atoms with Crippen molar-refractivity contribution in [2.24, 2.45) is 4.99 Å². The fourth-order valence-corrected chi connectivity index (χ4v) is 1.45. The van der Waals surface area contributed by atoms with Gasteiger partial charge >= 0.3 is 0 Å². The number of alkyl halides is 1. The number of aliphatic imine (C=N–C) groups is 1. The molecular formula is C7H4BrNO2. The van der Waals surface area contributed by atoms with E-state index in [-0.39, 0.29) is 10.9 Å². The van der Waals surface area contributed by atoms with Crippen molar-refractivity contribution in [3.63, 3.8) is 0 Å². The lowest BCUT2D eigenvalue weighted by Crippen LogP contribution is -2.04. The van der Waals surface area contributed by atoms with Gasteiger partial charge in [-0.15, -0.1) is 0 Å². The summed E-state index contributed by atoms with van der Waals surface area (Å²) in [5.41, 5.74) is 0.550. The Labute approximate surface area is 71.6 Å². The number of rotatable bonds is 0. The van der Waals surface area contributed by atoms with Crippen LogP contribution in [0.15, 0.2) is 28.5 Å². The van der Waals surface area contributed by atoms with Gasteiger partial charge in [-0.2, -0.15) is 0 Å². The first-order valence-corrected chi connectivity index (χ1v) is 4.00. The lowest BCUT2D eigenvalue weighted by Gasteiger charge is -2.04. The van der Waals surface area contributed by atoms with Crippen LogP contribution >= 0.6 is 15.9 Å². The summed E-state index contributed by atoms with van der Waals surface area (Å²) >= 11 is 3.21. The van der Waals surface area contributed by atoms with Crippen molar-refractivity contribution in [1.29, 1.82) is 0 Å². The monoisotopic (exact) mass is 213 g/mol. The zero-order chi connectivity index (χ0) is 7.84. The van der Waals surface area contributed by atoms with Crippen molar-refractivity contribution in [2.75, 3.05) is 0 Å². The van der Waals surface area contributed by atoms with Crippen LogP contribution in [0.5, 0.6) is 0 Å². The minimum absolute atomic E-state index is 0.186. The van der Waals surface area contributed by atoms with E-state index in [1.54, 1.807) is 12.2 Å². The van der Waals surface area contributed by atoms with E-state index in [1.165, 1.54) is 6.21 Å². The number of dihydropyridines is 1. The first-order chi connectivity index (χ1) is 5.27. The van der Waals surface area contributed by atoms with Crippen LogP contribution in [0, 0.1) is 0 Å². The van der Waals surface area contributed by atoms with Gasteiger partial charge in [-0.3, -0.25) is 4.79 Å². The molecular weight excluding hydrogens is 210 g/mol. The minimum Gasteiger partial charge on any atom is -0.474 e. The van der Waals surface area contributed by atoms with Crippen molar-refractivity contribution in [1.82, 2.24) is 0 Å². The average Bonchev–Trinajstić information content (AvgIpc) is 2.31. The average molecular weight is 214 g/mol. The highest BCUT2D eigenvalue weighted by molar-refractivity contribution is 9.09. The molecule has 2 heterocycles. The maximum absolute atomic E-state index is 11.0. The number of hydrogen-bond donors (Lipinski definition) is 0. The number of carbonyl (C=O) groups excluding carboxylic acids is 1. The van der Waals surface area contributed by atoms with Crippen molar-refractivity contribution in [2.45, 2.75) is 5.01 Å². The predicted molar refractivity (Wildman–Crippen MR) is 43.5 cm³/mol. The van der Waals surface area contributed by atoms with E-state index in [1.807, 2.05) is 0 Å².